The van der Waals surface area contributed by atoms with Gasteiger partial charge in [-0.3, -0.25) is 14.6 Å². The van der Waals surface area contributed by atoms with Crippen molar-refractivity contribution in [2.24, 2.45) is 0 Å². The third kappa shape index (κ3) is 3.03. The van der Waals surface area contributed by atoms with Crippen molar-refractivity contribution in [3.05, 3.63) is 55.4 Å². The molecule has 9 heteroatoms. The number of amides is 1. The highest BCUT2D eigenvalue weighted by Gasteiger charge is 2.45. The number of para-hydroxylation sites is 1. The Morgan fingerprint density at radius 1 is 1.37 bits per heavy atom. The van der Waals surface area contributed by atoms with Crippen LogP contribution >= 0.6 is 39.0 Å². The summed E-state index contributed by atoms with van der Waals surface area (Å²) in [6.45, 7) is 1.84. The number of nitrogens with one attached hydrogen (secondary N) is 1. The Morgan fingerprint density at radius 3 is 2.81 bits per heavy atom. The van der Waals surface area contributed by atoms with E-state index in [1.165, 1.54) is 23.1 Å². The maximum atomic E-state index is 13.0. The number of rotatable bonds is 3. The van der Waals surface area contributed by atoms with E-state index in [9.17, 15) is 9.59 Å². The van der Waals surface area contributed by atoms with Crippen LogP contribution in [-0.2, 0) is 4.79 Å². The number of carbonyl (C=O) groups is 1. The number of aromatic nitrogens is 3. The summed E-state index contributed by atoms with van der Waals surface area (Å²) >= 11 is 6.38. The van der Waals surface area contributed by atoms with Gasteiger partial charge in [-0.25, -0.2) is 4.90 Å². The molecular formula is C18H16BrN4O2S2+. The average molecular weight is 464 g/mol. The third-order valence-electron chi connectivity index (χ3n) is 4.37. The standard InChI is InChI=1S/C18H15BrN4O2S2/c1-3-14(24)22-11-7-5-4-6-10(11)15-16(25)20-18(26-2)21-23(15)17(22)12-8-9-13(19)27-12/h4-9,17H,3H2,1-2H3/p+1. The predicted molar refractivity (Wildman–Crippen MR) is 110 cm³/mol. The fourth-order valence-electron chi connectivity index (χ4n) is 3.23. The number of carbonyl (C=O) groups excluding carboxylic acids is 1. The SMILES string of the molecule is CCC(=O)N1c2ccccc2-c2c(=O)[nH]c(SC)n[n+]2C1c1ccc(Br)s1. The van der Waals surface area contributed by atoms with Gasteiger partial charge in [-0.05, 0) is 51.1 Å². The number of aromatic amines is 1. The summed E-state index contributed by atoms with van der Waals surface area (Å²) in [6, 6.07) is 11.4. The van der Waals surface area contributed by atoms with E-state index in [4.69, 9.17) is 0 Å². The Hall–Kier alpha value is -1.97. The Labute approximate surface area is 172 Å². The van der Waals surface area contributed by atoms with Crippen LogP contribution in [0.15, 0.2) is 50.1 Å². The second-order valence-electron chi connectivity index (χ2n) is 5.91. The first-order valence-electron chi connectivity index (χ1n) is 8.32. The lowest BCUT2D eigenvalue weighted by Crippen LogP contribution is -2.60. The number of anilines is 1. The second kappa shape index (κ2) is 7.21. The summed E-state index contributed by atoms with van der Waals surface area (Å²) in [5.41, 5.74) is 1.67. The van der Waals surface area contributed by atoms with Crippen LogP contribution in [0, 0.1) is 0 Å². The van der Waals surface area contributed by atoms with Crippen molar-refractivity contribution in [1.29, 1.82) is 0 Å². The largest absolute Gasteiger partial charge is 0.325 e. The number of hydrogen-bond donors (Lipinski definition) is 1. The number of H-pyrrole nitrogens is 1. The van der Waals surface area contributed by atoms with E-state index in [1.54, 1.807) is 9.58 Å². The van der Waals surface area contributed by atoms with Crippen LogP contribution in [0.1, 0.15) is 24.4 Å². The lowest BCUT2D eigenvalue weighted by atomic mass is 10.0. The van der Waals surface area contributed by atoms with Crippen molar-refractivity contribution in [3.63, 3.8) is 0 Å². The number of hydrogen-bond acceptors (Lipinski definition) is 5. The quantitative estimate of drug-likeness (QED) is 0.475. The van der Waals surface area contributed by atoms with Crippen molar-refractivity contribution in [1.82, 2.24) is 10.1 Å². The van der Waals surface area contributed by atoms with Crippen molar-refractivity contribution in [2.45, 2.75) is 24.7 Å². The summed E-state index contributed by atoms with van der Waals surface area (Å²) in [5, 5.41) is 5.15. The van der Waals surface area contributed by atoms with Gasteiger partial charge < -0.3 is 0 Å². The summed E-state index contributed by atoms with van der Waals surface area (Å²) in [4.78, 5) is 31.4. The van der Waals surface area contributed by atoms with Gasteiger partial charge in [0.25, 0.3) is 0 Å². The maximum Gasteiger partial charge on any atom is 0.325 e. The molecule has 6 nitrogen and oxygen atoms in total. The van der Waals surface area contributed by atoms with Gasteiger partial charge in [0.05, 0.1) is 19.9 Å². The highest BCUT2D eigenvalue weighted by molar-refractivity contribution is 9.11. The van der Waals surface area contributed by atoms with Crippen LogP contribution in [-0.4, -0.2) is 22.2 Å². The minimum Gasteiger partial charge on any atom is -0.291 e. The van der Waals surface area contributed by atoms with E-state index in [-0.39, 0.29) is 11.5 Å². The fraction of sp³-hybridized carbons (Fsp3) is 0.222. The molecule has 0 spiro atoms. The molecule has 0 saturated carbocycles. The first kappa shape index (κ1) is 18.4. The van der Waals surface area contributed by atoms with Gasteiger partial charge >= 0.3 is 17.4 Å². The van der Waals surface area contributed by atoms with Crippen LogP contribution in [0.2, 0.25) is 0 Å². The molecule has 0 aliphatic carbocycles. The van der Waals surface area contributed by atoms with Gasteiger partial charge in [-0.15, -0.1) is 11.3 Å². The summed E-state index contributed by atoms with van der Waals surface area (Å²) < 4.78 is 2.64. The van der Waals surface area contributed by atoms with Gasteiger partial charge in [-0.1, -0.05) is 30.8 Å². The molecule has 4 rings (SSSR count). The zero-order valence-electron chi connectivity index (χ0n) is 14.6. The average Bonchev–Trinajstić information content (AvgIpc) is 3.11. The van der Waals surface area contributed by atoms with Crippen LogP contribution in [0.3, 0.4) is 0 Å². The van der Waals surface area contributed by atoms with E-state index in [0.29, 0.717) is 22.8 Å². The van der Waals surface area contributed by atoms with Crippen LogP contribution < -0.4 is 15.1 Å². The number of nitrogens with zero attached hydrogens (tertiary/aromatic N) is 3. The molecule has 1 aliphatic heterocycles. The number of benzene rings is 1. The molecule has 0 fully saturated rings. The Balaban J connectivity index is 2.09. The molecule has 0 saturated heterocycles. The third-order valence-corrected chi connectivity index (χ3v) is 6.61. The molecule has 0 radical (unpaired) electrons. The Kier molecular flexibility index (Phi) is 4.92. The molecular weight excluding hydrogens is 448 g/mol. The zero-order chi connectivity index (χ0) is 19.1. The van der Waals surface area contributed by atoms with E-state index < -0.39 is 6.17 Å². The number of thiophene rings is 1. The number of thioether (sulfide) groups is 1. The number of halogens is 1. The van der Waals surface area contributed by atoms with E-state index in [2.05, 4.69) is 26.0 Å². The Bertz CT molecular complexity index is 1090. The molecule has 138 valence electrons. The molecule has 1 aliphatic rings. The highest BCUT2D eigenvalue weighted by atomic mass is 79.9. The second-order valence-corrected chi connectivity index (χ2v) is 9.20. The zero-order valence-corrected chi connectivity index (χ0v) is 17.8. The van der Waals surface area contributed by atoms with Crippen molar-refractivity contribution in [3.8, 4) is 11.3 Å². The van der Waals surface area contributed by atoms with Crippen molar-refractivity contribution in [2.75, 3.05) is 11.2 Å². The normalized spacial score (nSPS) is 15.4. The topological polar surface area (TPSA) is 69.9 Å². The van der Waals surface area contributed by atoms with Gasteiger partial charge in [-0.2, -0.15) is 0 Å². The summed E-state index contributed by atoms with van der Waals surface area (Å²) in [5.74, 6) is -0.0251. The lowest BCUT2D eigenvalue weighted by molar-refractivity contribution is -0.762. The van der Waals surface area contributed by atoms with Gasteiger partial charge in [0.2, 0.25) is 11.1 Å². The van der Waals surface area contributed by atoms with Crippen LogP contribution in [0.4, 0.5) is 5.69 Å². The van der Waals surface area contributed by atoms with Gasteiger partial charge in [0.15, 0.2) is 0 Å². The molecule has 1 unspecified atom stereocenters. The predicted octanol–water partition coefficient (Wildman–Crippen LogP) is 3.57. The molecule has 1 aromatic carbocycles. The molecule has 1 N–H and O–H groups in total. The highest BCUT2D eigenvalue weighted by Crippen LogP contribution is 2.39. The molecule has 2 aromatic heterocycles. The first-order chi connectivity index (χ1) is 13.0. The lowest BCUT2D eigenvalue weighted by Gasteiger charge is -2.31. The van der Waals surface area contributed by atoms with Gasteiger partial charge in [0, 0.05) is 11.5 Å². The molecule has 3 heterocycles. The van der Waals surface area contributed by atoms with Crippen LogP contribution in [0.25, 0.3) is 11.3 Å². The maximum absolute atomic E-state index is 13.0. The van der Waals surface area contributed by atoms with Crippen molar-refractivity contribution < 1.29 is 9.48 Å². The van der Waals surface area contributed by atoms with E-state index in [1.807, 2.05) is 49.6 Å². The van der Waals surface area contributed by atoms with E-state index >= 15 is 0 Å². The molecule has 1 atom stereocenters. The molecule has 27 heavy (non-hydrogen) atoms. The minimum absolute atomic E-state index is 0.0251. The summed E-state index contributed by atoms with van der Waals surface area (Å²) in [6.07, 6.45) is 1.70. The Morgan fingerprint density at radius 2 is 2.15 bits per heavy atom. The van der Waals surface area contributed by atoms with E-state index in [0.717, 1.165) is 14.4 Å². The fourth-order valence-corrected chi connectivity index (χ4v) is 5.09. The summed E-state index contributed by atoms with van der Waals surface area (Å²) in [7, 11) is 0. The first-order valence-corrected chi connectivity index (χ1v) is 11.2. The number of fused-ring (bicyclic) bond motifs is 3. The molecule has 3 aromatic rings. The monoisotopic (exact) mass is 463 g/mol. The smallest absolute Gasteiger partial charge is 0.291 e. The molecule has 1 amide bonds. The van der Waals surface area contributed by atoms with Crippen molar-refractivity contribution >= 4 is 50.6 Å². The van der Waals surface area contributed by atoms with Crippen LogP contribution in [0.5, 0.6) is 0 Å². The minimum atomic E-state index is -0.508. The van der Waals surface area contributed by atoms with Gasteiger partial charge in [0.1, 0.15) is 0 Å². The molecule has 0 bridgehead atoms.